The van der Waals surface area contributed by atoms with Gasteiger partial charge in [-0.1, -0.05) is 6.07 Å². The fourth-order valence-corrected chi connectivity index (χ4v) is 3.22. The summed E-state index contributed by atoms with van der Waals surface area (Å²) in [4.78, 5) is 16.3. The van der Waals surface area contributed by atoms with Crippen molar-refractivity contribution >= 4 is 41.5 Å². The van der Waals surface area contributed by atoms with E-state index in [-0.39, 0.29) is 48.3 Å². The molecule has 2 aromatic rings. The largest absolute Gasteiger partial charge is 0.353 e. The van der Waals surface area contributed by atoms with Gasteiger partial charge in [0.1, 0.15) is 5.82 Å². The van der Waals surface area contributed by atoms with Gasteiger partial charge in [0.2, 0.25) is 5.91 Å². The highest BCUT2D eigenvalue weighted by Crippen LogP contribution is 2.21. The highest BCUT2D eigenvalue weighted by molar-refractivity contribution is 14.0. The molecule has 0 fully saturated rings. The van der Waals surface area contributed by atoms with Gasteiger partial charge in [-0.2, -0.15) is 5.10 Å². The van der Waals surface area contributed by atoms with E-state index in [4.69, 9.17) is 0 Å². The summed E-state index contributed by atoms with van der Waals surface area (Å²) in [5.41, 5.74) is 2.86. The van der Waals surface area contributed by atoms with Crippen LogP contribution in [0.1, 0.15) is 37.6 Å². The van der Waals surface area contributed by atoms with Crippen molar-refractivity contribution < 1.29 is 9.18 Å². The fraction of sp³-hybridized carbons (Fsp3) is 0.450. The molecule has 0 bridgehead atoms. The molecule has 3 rings (SSSR count). The SMILES string of the molecule is CN=C(NCC(=O)Nc1cccc(F)c1)NC1CCc2cn(C(C)C)nc2C1.I. The third-order valence-corrected chi connectivity index (χ3v) is 4.72. The van der Waals surface area contributed by atoms with E-state index in [0.717, 1.165) is 25.0 Å². The maximum Gasteiger partial charge on any atom is 0.243 e. The molecule has 29 heavy (non-hydrogen) atoms. The summed E-state index contributed by atoms with van der Waals surface area (Å²) in [6.45, 7) is 4.28. The van der Waals surface area contributed by atoms with Gasteiger partial charge in [0.25, 0.3) is 0 Å². The zero-order valence-electron chi connectivity index (χ0n) is 16.9. The number of nitrogens with one attached hydrogen (secondary N) is 3. The zero-order valence-corrected chi connectivity index (χ0v) is 19.2. The molecular weight excluding hydrogens is 486 g/mol. The number of carbonyl (C=O) groups excluding carboxylic acids is 1. The molecule has 158 valence electrons. The summed E-state index contributed by atoms with van der Waals surface area (Å²) >= 11 is 0. The number of aryl methyl sites for hydroxylation is 1. The Morgan fingerprint density at radius 1 is 1.41 bits per heavy atom. The zero-order chi connectivity index (χ0) is 20.1. The van der Waals surface area contributed by atoms with Crippen molar-refractivity contribution in [3.8, 4) is 0 Å². The minimum atomic E-state index is -0.389. The van der Waals surface area contributed by atoms with Crippen LogP contribution in [0.15, 0.2) is 35.5 Å². The van der Waals surface area contributed by atoms with E-state index in [1.807, 2.05) is 4.68 Å². The van der Waals surface area contributed by atoms with Crippen LogP contribution in [0.25, 0.3) is 0 Å². The Morgan fingerprint density at radius 3 is 2.90 bits per heavy atom. The van der Waals surface area contributed by atoms with Gasteiger partial charge in [-0.3, -0.25) is 14.5 Å². The Labute approximate surface area is 187 Å². The molecule has 7 nitrogen and oxygen atoms in total. The first-order valence-corrected chi connectivity index (χ1v) is 9.54. The molecule has 1 amide bonds. The van der Waals surface area contributed by atoms with Gasteiger partial charge in [0.05, 0.1) is 12.2 Å². The number of anilines is 1. The van der Waals surface area contributed by atoms with Crippen LogP contribution in [0.5, 0.6) is 0 Å². The van der Waals surface area contributed by atoms with Gasteiger partial charge in [-0.25, -0.2) is 4.39 Å². The van der Waals surface area contributed by atoms with E-state index in [1.54, 1.807) is 19.2 Å². The molecule has 9 heteroatoms. The van der Waals surface area contributed by atoms with Crippen LogP contribution in [0.2, 0.25) is 0 Å². The number of aromatic nitrogens is 2. The van der Waals surface area contributed by atoms with E-state index in [1.165, 1.54) is 17.7 Å². The van der Waals surface area contributed by atoms with Crippen molar-refractivity contribution in [1.82, 2.24) is 20.4 Å². The number of hydrogen-bond donors (Lipinski definition) is 3. The maximum absolute atomic E-state index is 13.2. The predicted molar refractivity (Wildman–Crippen MR) is 123 cm³/mol. The highest BCUT2D eigenvalue weighted by atomic mass is 127. The Balaban J connectivity index is 0.00000300. The molecule has 1 aromatic carbocycles. The first-order valence-electron chi connectivity index (χ1n) is 9.54. The quantitative estimate of drug-likeness (QED) is 0.326. The normalized spacial score (nSPS) is 16.0. The monoisotopic (exact) mass is 514 g/mol. The van der Waals surface area contributed by atoms with Gasteiger partial charge in [-0.05, 0) is 50.5 Å². The summed E-state index contributed by atoms with van der Waals surface area (Å²) in [5, 5.41) is 13.7. The minimum absolute atomic E-state index is 0. The summed E-state index contributed by atoms with van der Waals surface area (Å²) in [7, 11) is 1.67. The summed E-state index contributed by atoms with van der Waals surface area (Å²) < 4.78 is 15.2. The molecule has 1 heterocycles. The second-order valence-corrected chi connectivity index (χ2v) is 7.24. The molecule has 1 atom stereocenters. The predicted octanol–water partition coefficient (Wildman–Crippen LogP) is 2.88. The topological polar surface area (TPSA) is 83.3 Å². The highest BCUT2D eigenvalue weighted by Gasteiger charge is 2.23. The van der Waals surface area contributed by atoms with Crippen LogP contribution in [0.4, 0.5) is 10.1 Å². The van der Waals surface area contributed by atoms with E-state index >= 15 is 0 Å². The van der Waals surface area contributed by atoms with Crippen LogP contribution >= 0.6 is 24.0 Å². The van der Waals surface area contributed by atoms with E-state index in [2.05, 4.69) is 46.1 Å². The number of carbonyl (C=O) groups is 1. The van der Waals surface area contributed by atoms with Crippen LogP contribution in [0.3, 0.4) is 0 Å². The van der Waals surface area contributed by atoms with Crippen molar-refractivity contribution in [3.63, 3.8) is 0 Å². The standard InChI is InChI=1S/C20H27FN6O.HI/c1-13(2)27-12-14-7-8-17(10-18(14)26-27)25-20(22-3)23-11-19(28)24-16-6-4-5-15(21)9-16;/h4-6,9,12-13,17H,7-8,10-11H2,1-3H3,(H,24,28)(H2,22,23,25);1H. The maximum atomic E-state index is 13.2. The molecule has 0 radical (unpaired) electrons. The Kier molecular flexibility index (Phi) is 8.42. The van der Waals surface area contributed by atoms with Gasteiger partial charge >= 0.3 is 0 Å². The van der Waals surface area contributed by atoms with Crippen LogP contribution in [-0.4, -0.2) is 41.3 Å². The number of nitrogens with zero attached hydrogens (tertiary/aromatic N) is 3. The van der Waals surface area contributed by atoms with E-state index < -0.39 is 0 Å². The molecule has 3 N–H and O–H groups in total. The van der Waals surface area contributed by atoms with E-state index in [0.29, 0.717) is 17.7 Å². The lowest BCUT2D eigenvalue weighted by atomic mass is 9.94. The van der Waals surface area contributed by atoms with Gasteiger partial charge in [0, 0.05) is 37.4 Å². The Morgan fingerprint density at radius 2 is 2.21 bits per heavy atom. The minimum Gasteiger partial charge on any atom is -0.353 e. The van der Waals surface area contributed by atoms with Crippen LogP contribution in [-0.2, 0) is 17.6 Å². The fourth-order valence-electron chi connectivity index (χ4n) is 3.22. The van der Waals surface area contributed by atoms with Crippen molar-refractivity contribution in [2.75, 3.05) is 18.9 Å². The number of amides is 1. The van der Waals surface area contributed by atoms with Crippen molar-refractivity contribution in [1.29, 1.82) is 0 Å². The second kappa shape index (κ2) is 10.6. The van der Waals surface area contributed by atoms with Crippen molar-refractivity contribution in [2.24, 2.45) is 4.99 Å². The molecular formula is C20H28FIN6O. The number of benzene rings is 1. The number of aliphatic imine (C=N–C) groups is 1. The molecule has 1 aliphatic carbocycles. The lowest BCUT2D eigenvalue weighted by Crippen LogP contribution is -2.47. The van der Waals surface area contributed by atoms with E-state index in [9.17, 15) is 9.18 Å². The Bertz CT molecular complexity index is 866. The van der Waals surface area contributed by atoms with Gasteiger partial charge in [0.15, 0.2) is 5.96 Å². The molecule has 1 aliphatic rings. The first kappa shape index (κ1) is 23.1. The smallest absolute Gasteiger partial charge is 0.243 e. The van der Waals surface area contributed by atoms with Crippen LogP contribution < -0.4 is 16.0 Å². The number of rotatable bonds is 5. The first-order chi connectivity index (χ1) is 13.4. The molecule has 1 unspecified atom stereocenters. The lowest BCUT2D eigenvalue weighted by Gasteiger charge is -2.24. The van der Waals surface area contributed by atoms with Gasteiger partial charge in [-0.15, -0.1) is 24.0 Å². The molecule has 1 aromatic heterocycles. The number of fused-ring (bicyclic) bond motifs is 1. The summed E-state index contributed by atoms with van der Waals surface area (Å²) in [5.74, 6) is -0.0962. The average molecular weight is 514 g/mol. The van der Waals surface area contributed by atoms with Gasteiger partial charge < -0.3 is 16.0 Å². The summed E-state index contributed by atoms with van der Waals surface area (Å²) in [6, 6.07) is 6.37. The molecule has 0 aliphatic heterocycles. The number of halogens is 2. The number of hydrogen-bond acceptors (Lipinski definition) is 3. The van der Waals surface area contributed by atoms with Crippen molar-refractivity contribution in [3.05, 3.63) is 47.5 Å². The van der Waals surface area contributed by atoms with Crippen LogP contribution in [0, 0.1) is 5.82 Å². The third-order valence-electron chi connectivity index (χ3n) is 4.72. The average Bonchev–Trinajstić information content (AvgIpc) is 3.09. The number of guanidine groups is 1. The lowest BCUT2D eigenvalue weighted by molar-refractivity contribution is -0.115. The molecule has 0 saturated carbocycles. The molecule has 0 saturated heterocycles. The van der Waals surface area contributed by atoms with Crippen molar-refractivity contribution in [2.45, 2.75) is 45.2 Å². The second-order valence-electron chi connectivity index (χ2n) is 7.24. The Hall–Kier alpha value is -2.17. The third kappa shape index (κ3) is 6.41. The molecule has 0 spiro atoms. The summed E-state index contributed by atoms with van der Waals surface area (Å²) in [6.07, 6.45) is 4.91.